The molecule has 1 rings (SSSR count). The first-order valence-corrected chi connectivity index (χ1v) is 10.6. The molecule has 0 spiro atoms. The van der Waals surface area contributed by atoms with E-state index in [9.17, 15) is 0 Å². The van der Waals surface area contributed by atoms with Gasteiger partial charge in [0.25, 0.3) is 0 Å². The second-order valence-electron chi connectivity index (χ2n) is 8.15. The molecule has 0 saturated heterocycles. The van der Waals surface area contributed by atoms with E-state index < -0.39 is 0 Å². The molecule has 0 fully saturated rings. The summed E-state index contributed by atoms with van der Waals surface area (Å²) >= 11 is 0. The standard InChI is InChI=1S/C24H42N.ClH/c1-5-7-8-9-10-11-12-13-14-18-21-24(25(3,4)22-6-2)23-19-16-15-17-20-23;/h6,15-17,19-20,24H,2,5,7-14,18,21-22H2,1,3-4H3;1H/q+1;/p-1. The third-order valence-corrected chi connectivity index (χ3v) is 5.46. The Labute approximate surface area is 169 Å². The summed E-state index contributed by atoms with van der Waals surface area (Å²) in [5, 5.41) is 0. The number of halogens is 1. The molecule has 0 aliphatic carbocycles. The van der Waals surface area contributed by atoms with Gasteiger partial charge < -0.3 is 16.9 Å². The summed E-state index contributed by atoms with van der Waals surface area (Å²) in [4.78, 5) is 0. The number of nitrogens with zero attached hydrogens (tertiary/aromatic N) is 1. The largest absolute Gasteiger partial charge is 1.00 e. The van der Waals surface area contributed by atoms with Crippen LogP contribution in [0.5, 0.6) is 0 Å². The molecule has 2 heteroatoms. The fourth-order valence-electron chi connectivity index (χ4n) is 3.88. The highest BCUT2D eigenvalue weighted by molar-refractivity contribution is 5.17. The number of benzene rings is 1. The molecule has 0 radical (unpaired) electrons. The van der Waals surface area contributed by atoms with Crippen molar-refractivity contribution in [2.24, 2.45) is 0 Å². The number of quaternary nitrogens is 1. The van der Waals surface area contributed by atoms with Crippen LogP contribution < -0.4 is 12.4 Å². The Morgan fingerprint density at radius 3 is 1.85 bits per heavy atom. The molecule has 26 heavy (non-hydrogen) atoms. The maximum absolute atomic E-state index is 3.96. The molecule has 0 N–H and O–H groups in total. The van der Waals surface area contributed by atoms with Crippen LogP contribution in [0, 0.1) is 0 Å². The van der Waals surface area contributed by atoms with E-state index in [2.05, 4.69) is 64.0 Å². The lowest BCUT2D eigenvalue weighted by molar-refractivity contribution is -0.916. The van der Waals surface area contributed by atoms with Gasteiger partial charge in [0.15, 0.2) is 0 Å². The fraction of sp³-hybridized carbons (Fsp3) is 0.667. The van der Waals surface area contributed by atoms with Crippen LogP contribution >= 0.6 is 0 Å². The normalized spacial score (nSPS) is 12.4. The molecule has 1 atom stereocenters. The van der Waals surface area contributed by atoms with E-state index >= 15 is 0 Å². The second kappa shape index (κ2) is 15.3. The van der Waals surface area contributed by atoms with Crippen molar-refractivity contribution in [2.45, 2.75) is 83.6 Å². The van der Waals surface area contributed by atoms with E-state index in [1.165, 1.54) is 76.2 Å². The van der Waals surface area contributed by atoms with Gasteiger partial charge in [-0.05, 0) is 12.5 Å². The second-order valence-corrected chi connectivity index (χ2v) is 8.15. The highest BCUT2D eigenvalue weighted by Gasteiger charge is 2.27. The Morgan fingerprint density at radius 2 is 1.35 bits per heavy atom. The van der Waals surface area contributed by atoms with Crippen LogP contribution in [0.2, 0.25) is 0 Å². The van der Waals surface area contributed by atoms with Crippen molar-refractivity contribution >= 4 is 0 Å². The quantitative estimate of drug-likeness (QED) is 0.242. The Balaban J connectivity index is 0.00000625. The minimum atomic E-state index is 0. The van der Waals surface area contributed by atoms with Gasteiger partial charge >= 0.3 is 0 Å². The summed E-state index contributed by atoms with van der Waals surface area (Å²) < 4.78 is 1.00. The van der Waals surface area contributed by atoms with E-state index in [0.717, 1.165) is 11.0 Å². The van der Waals surface area contributed by atoms with Crippen molar-refractivity contribution in [3.63, 3.8) is 0 Å². The molecular formula is C24H42ClN. The number of hydrogen-bond donors (Lipinski definition) is 0. The number of hydrogen-bond acceptors (Lipinski definition) is 0. The van der Waals surface area contributed by atoms with E-state index in [0.29, 0.717) is 6.04 Å². The zero-order chi connectivity index (χ0) is 18.4. The molecule has 1 unspecified atom stereocenters. The lowest BCUT2D eigenvalue weighted by Gasteiger charge is -2.38. The molecule has 0 amide bonds. The van der Waals surface area contributed by atoms with E-state index in [4.69, 9.17) is 0 Å². The zero-order valence-electron chi connectivity index (χ0n) is 17.6. The van der Waals surface area contributed by atoms with Gasteiger partial charge in [0, 0.05) is 12.0 Å². The summed E-state index contributed by atoms with van der Waals surface area (Å²) in [6.45, 7) is 7.28. The van der Waals surface area contributed by atoms with E-state index in [1.54, 1.807) is 0 Å². The van der Waals surface area contributed by atoms with Crippen LogP contribution in [0.3, 0.4) is 0 Å². The average molecular weight is 380 g/mol. The Kier molecular flexibility index (Phi) is 14.8. The van der Waals surface area contributed by atoms with Crippen molar-refractivity contribution in [3.05, 3.63) is 48.6 Å². The fourth-order valence-corrected chi connectivity index (χ4v) is 3.88. The molecule has 0 aromatic heterocycles. The van der Waals surface area contributed by atoms with Gasteiger partial charge in [-0.1, -0.05) is 102 Å². The third kappa shape index (κ3) is 10.4. The van der Waals surface area contributed by atoms with Crippen molar-refractivity contribution < 1.29 is 16.9 Å². The van der Waals surface area contributed by atoms with Gasteiger partial charge in [0.2, 0.25) is 0 Å². The average Bonchev–Trinajstić information content (AvgIpc) is 2.60. The highest BCUT2D eigenvalue weighted by Crippen LogP contribution is 2.30. The first-order valence-electron chi connectivity index (χ1n) is 10.6. The molecular weight excluding hydrogens is 338 g/mol. The van der Waals surface area contributed by atoms with E-state index in [-0.39, 0.29) is 12.4 Å². The first-order chi connectivity index (χ1) is 12.1. The van der Waals surface area contributed by atoms with Crippen molar-refractivity contribution in [1.29, 1.82) is 0 Å². The summed E-state index contributed by atoms with van der Waals surface area (Å²) in [6.07, 6.45) is 17.4. The predicted molar refractivity (Wildman–Crippen MR) is 113 cm³/mol. The van der Waals surface area contributed by atoms with Crippen molar-refractivity contribution in [1.82, 2.24) is 0 Å². The van der Waals surface area contributed by atoms with Crippen molar-refractivity contribution in [2.75, 3.05) is 20.6 Å². The van der Waals surface area contributed by atoms with Gasteiger partial charge in [0.1, 0.15) is 6.04 Å². The minimum Gasteiger partial charge on any atom is -1.00 e. The van der Waals surface area contributed by atoms with Crippen LogP contribution in [0.4, 0.5) is 0 Å². The molecule has 0 aliphatic heterocycles. The lowest BCUT2D eigenvalue weighted by atomic mass is 9.96. The molecule has 0 aliphatic rings. The van der Waals surface area contributed by atoms with Crippen LogP contribution in [0.15, 0.2) is 43.0 Å². The molecule has 0 bridgehead atoms. The van der Waals surface area contributed by atoms with Crippen LogP contribution in [-0.4, -0.2) is 25.1 Å². The Morgan fingerprint density at radius 1 is 0.846 bits per heavy atom. The SMILES string of the molecule is C=CC[N+](C)(C)C(CCCCCCCCCCCC)c1ccccc1.[Cl-]. The Hall–Kier alpha value is -0.790. The zero-order valence-corrected chi connectivity index (χ0v) is 18.3. The third-order valence-electron chi connectivity index (χ3n) is 5.46. The van der Waals surface area contributed by atoms with Gasteiger partial charge in [-0.3, -0.25) is 0 Å². The minimum absolute atomic E-state index is 0. The molecule has 1 aromatic carbocycles. The molecule has 1 nitrogen and oxygen atoms in total. The Bertz CT molecular complexity index is 441. The molecule has 150 valence electrons. The maximum Gasteiger partial charge on any atom is 0.114 e. The molecule has 0 saturated carbocycles. The van der Waals surface area contributed by atoms with Gasteiger partial charge in [-0.15, -0.1) is 0 Å². The van der Waals surface area contributed by atoms with Crippen molar-refractivity contribution in [3.8, 4) is 0 Å². The van der Waals surface area contributed by atoms with Crippen LogP contribution in [-0.2, 0) is 0 Å². The highest BCUT2D eigenvalue weighted by atomic mass is 35.5. The maximum atomic E-state index is 3.96. The lowest BCUT2D eigenvalue weighted by Crippen LogP contribution is -3.00. The first kappa shape index (κ1) is 25.2. The smallest absolute Gasteiger partial charge is 0.114 e. The summed E-state index contributed by atoms with van der Waals surface area (Å²) in [7, 11) is 4.69. The summed E-state index contributed by atoms with van der Waals surface area (Å²) in [6, 6.07) is 11.6. The molecule has 0 heterocycles. The van der Waals surface area contributed by atoms with E-state index in [1.807, 2.05) is 0 Å². The molecule has 1 aromatic rings. The van der Waals surface area contributed by atoms with Gasteiger partial charge in [-0.25, -0.2) is 0 Å². The van der Waals surface area contributed by atoms with Crippen LogP contribution in [0.1, 0.15) is 89.2 Å². The number of unbranched alkanes of at least 4 members (excludes halogenated alkanes) is 9. The number of rotatable bonds is 15. The predicted octanol–water partition coefficient (Wildman–Crippen LogP) is 4.31. The summed E-state index contributed by atoms with van der Waals surface area (Å²) in [5.41, 5.74) is 1.48. The van der Waals surface area contributed by atoms with Gasteiger partial charge in [0.05, 0.1) is 20.6 Å². The number of likely N-dealkylation sites (N-methyl/N-ethyl adjacent to an activating group) is 1. The summed E-state index contributed by atoms with van der Waals surface area (Å²) in [5.74, 6) is 0. The van der Waals surface area contributed by atoms with Gasteiger partial charge in [-0.2, -0.15) is 0 Å². The topological polar surface area (TPSA) is 0 Å². The monoisotopic (exact) mass is 379 g/mol. The van der Waals surface area contributed by atoms with Crippen LogP contribution in [0.25, 0.3) is 0 Å².